The van der Waals surface area contributed by atoms with Crippen LogP contribution in [0.25, 0.3) is 5.41 Å². The number of nitrogens with zero attached hydrogens (tertiary/aromatic N) is 5. The number of hydrogen-bond donors (Lipinski definition) is 1. The number of rotatable bonds is 7. The zero-order chi connectivity index (χ0) is 28.7. The fourth-order valence-electron chi connectivity index (χ4n) is 4.04. The van der Waals surface area contributed by atoms with Gasteiger partial charge < -0.3 is 25.4 Å². The molecule has 1 aliphatic heterocycles. The molecule has 1 heterocycles. The molecule has 4 rings (SSSR count). The van der Waals surface area contributed by atoms with Gasteiger partial charge in [-0.3, -0.25) is 0 Å². The molecule has 0 radical (unpaired) electrons. The topological polar surface area (TPSA) is 83.9 Å². The summed E-state index contributed by atoms with van der Waals surface area (Å²) in [5.41, 5.74) is 5.24. The Hall–Kier alpha value is -3.64. The first kappa shape index (κ1) is 29.3. The van der Waals surface area contributed by atoms with Gasteiger partial charge in [0.1, 0.15) is 5.75 Å². The van der Waals surface area contributed by atoms with E-state index >= 15 is 0 Å². The Kier molecular flexibility index (Phi) is 9.64. The number of amidine groups is 2. The summed E-state index contributed by atoms with van der Waals surface area (Å²) in [6.45, 7) is 5.06. The van der Waals surface area contributed by atoms with Gasteiger partial charge in [-0.2, -0.15) is 5.10 Å². The number of aryl methyl sites for hydroxylation is 2. The highest BCUT2D eigenvalue weighted by Gasteiger charge is 2.31. The molecule has 0 bridgehead atoms. The van der Waals surface area contributed by atoms with E-state index in [0.717, 1.165) is 39.6 Å². The summed E-state index contributed by atoms with van der Waals surface area (Å²) in [7, 11) is 0. The molecule has 0 saturated carbocycles. The van der Waals surface area contributed by atoms with Crippen LogP contribution in [0.2, 0.25) is 0 Å². The Morgan fingerprint density at radius 1 is 1.07 bits per heavy atom. The number of anilines is 2. The predicted molar refractivity (Wildman–Crippen MR) is 162 cm³/mol. The van der Waals surface area contributed by atoms with Crippen LogP contribution in [-0.4, -0.2) is 42.2 Å². The number of nitrogens with one attached hydrogen (secondary N) is 1. The largest absolute Gasteiger partial charge is 0.573 e. The third kappa shape index (κ3) is 8.18. The molecule has 1 fully saturated rings. The first-order chi connectivity index (χ1) is 19.1. The molecule has 0 atom stereocenters. The summed E-state index contributed by atoms with van der Waals surface area (Å²) in [5.74, 6) is 0.419. The average molecular weight is 631 g/mol. The molecule has 0 unspecified atom stereocenters. The van der Waals surface area contributed by atoms with Gasteiger partial charge in [0.25, 0.3) is 0 Å². The maximum atomic E-state index is 12.3. The summed E-state index contributed by atoms with van der Waals surface area (Å²) >= 11 is 5.24. The lowest BCUT2D eigenvalue weighted by Gasteiger charge is -2.31. The number of benzene rings is 3. The number of hydrogen-bond acceptors (Lipinski definition) is 4. The van der Waals surface area contributed by atoms with E-state index in [4.69, 9.17) is 0 Å². The third-order valence-electron chi connectivity index (χ3n) is 5.74. The average Bonchev–Trinajstić information content (AvgIpc) is 2.89. The molecule has 3 aromatic carbocycles. The van der Waals surface area contributed by atoms with Crippen LogP contribution in [0.1, 0.15) is 28.7 Å². The van der Waals surface area contributed by atoms with E-state index in [1.165, 1.54) is 41.7 Å². The van der Waals surface area contributed by atoms with Crippen molar-refractivity contribution in [3.63, 3.8) is 0 Å². The number of thioether (sulfide) groups is 1. The van der Waals surface area contributed by atoms with Crippen molar-refractivity contribution in [3.8, 4) is 5.75 Å². The minimum atomic E-state index is -4.75. The standard InChI is InChI=1S/C28H25BrF3N6OS/c1-18-14-22(29)15-19(2)25(18)38-12-3-13-40-27(38)37-36-16-20-4-6-21(7-5-20)26(33)35-17-34-23-8-10-24(11-9-23)39-28(30,31)32/h4-11,14-17H,3,12-13H2,1-2H3,(H-,33,34,35)/q-1/b36-16+,37-27-. The molecule has 40 heavy (non-hydrogen) atoms. The molecule has 7 nitrogen and oxygen atoms in total. The number of alkyl halides is 3. The van der Waals surface area contributed by atoms with Gasteiger partial charge in [-0.1, -0.05) is 57.8 Å². The third-order valence-corrected chi connectivity index (χ3v) is 7.25. The summed E-state index contributed by atoms with van der Waals surface area (Å²) in [6, 6.07) is 16.3. The van der Waals surface area contributed by atoms with Gasteiger partial charge in [-0.25, -0.2) is 0 Å². The van der Waals surface area contributed by atoms with Gasteiger partial charge in [0, 0.05) is 28.1 Å². The highest BCUT2D eigenvalue weighted by atomic mass is 79.9. The highest BCUT2D eigenvalue weighted by molar-refractivity contribution is 9.10. The van der Waals surface area contributed by atoms with Crippen LogP contribution in [-0.2, 0) is 0 Å². The van der Waals surface area contributed by atoms with Crippen molar-refractivity contribution in [2.45, 2.75) is 26.6 Å². The quantitative estimate of drug-likeness (QED) is 0.164. The fraction of sp³-hybridized carbons (Fsp3) is 0.214. The van der Waals surface area contributed by atoms with Gasteiger partial charge in [-0.05, 0) is 85.3 Å². The molecule has 0 spiro atoms. The molecule has 12 heteroatoms. The van der Waals surface area contributed by atoms with Crippen molar-refractivity contribution >= 4 is 62.6 Å². The second-order valence-corrected chi connectivity index (χ2v) is 10.8. The maximum Gasteiger partial charge on any atom is 0.573 e. The Labute approximate surface area is 242 Å². The lowest BCUT2D eigenvalue weighted by Crippen LogP contribution is -2.35. The van der Waals surface area contributed by atoms with Gasteiger partial charge in [-0.15, -0.1) is 18.3 Å². The second-order valence-electron chi connectivity index (χ2n) is 8.79. The van der Waals surface area contributed by atoms with Crippen molar-refractivity contribution < 1.29 is 17.9 Å². The molecule has 1 aliphatic rings. The predicted octanol–water partition coefficient (Wildman–Crippen LogP) is 7.75. The van der Waals surface area contributed by atoms with Crippen molar-refractivity contribution in [3.05, 3.63) is 92.8 Å². The van der Waals surface area contributed by atoms with Crippen LogP contribution in [0.15, 0.2) is 80.3 Å². The van der Waals surface area contributed by atoms with E-state index in [1.54, 1.807) is 42.2 Å². The Morgan fingerprint density at radius 2 is 1.75 bits per heavy atom. The number of ether oxygens (including phenoxy) is 1. The van der Waals surface area contributed by atoms with Crippen LogP contribution in [0.5, 0.6) is 5.75 Å². The van der Waals surface area contributed by atoms with E-state index < -0.39 is 6.36 Å². The van der Waals surface area contributed by atoms with Gasteiger partial charge in [0.2, 0.25) is 0 Å². The van der Waals surface area contributed by atoms with E-state index in [9.17, 15) is 18.6 Å². The molecule has 208 valence electrons. The van der Waals surface area contributed by atoms with Gasteiger partial charge in [0.15, 0.2) is 5.17 Å². The van der Waals surface area contributed by atoms with Crippen LogP contribution in [0, 0.1) is 13.8 Å². The van der Waals surface area contributed by atoms with Crippen molar-refractivity contribution in [2.75, 3.05) is 22.5 Å². The zero-order valence-electron chi connectivity index (χ0n) is 21.6. The molecule has 1 saturated heterocycles. The van der Waals surface area contributed by atoms with Crippen LogP contribution >= 0.6 is 27.7 Å². The minimum absolute atomic E-state index is 0.234. The van der Waals surface area contributed by atoms with E-state index in [1.807, 2.05) is 0 Å². The van der Waals surface area contributed by atoms with E-state index in [0.29, 0.717) is 11.3 Å². The minimum Gasteiger partial charge on any atom is -0.464 e. The molecular formula is C28H25BrF3N6OS-. The van der Waals surface area contributed by atoms with Gasteiger partial charge in [0.05, 0.1) is 6.21 Å². The molecule has 1 N–H and O–H groups in total. The smallest absolute Gasteiger partial charge is 0.464 e. The number of halogens is 4. The normalized spacial score (nSPS) is 15.2. The number of aliphatic imine (C=N–C) groups is 1. The lowest BCUT2D eigenvalue weighted by molar-refractivity contribution is -0.274. The van der Waals surface area contributed by atoms with Crippen LogP contribution < -0.4 is 15.0 Å². The first-order valence-electron chi connectivity index (χ1n) is 12.2. The van der Waals surface area contributed by atoms with Crippen molar-refractivity contribution in [1.29, 1.82) is 0 Å². The lowest BCUT2D eigenvalue weighted by atomic mass is 10.1. The van der Waals surface area contributed by atoms with E-state index in [-0.39, 0.29) is 11.6 Å². The maximum absolute atomic E-state index is 12.3. The van der Waals surface area contributed by atoms with Crippen molar-refractivity contribution in [1.82, 2.24) is 0 Å². The monoisotopic (exact) mass is 629 g/mol. The molecule has 0 amide bonds. The van der Waals surface area contributed by atoms with Gasteiger partial charge >= 0.3 is 6.36 Å². The zero-order valence-corrected chi connectivity index (χ0v) is 24.0. The molecule has 0 aromatic heterocycles. The molecule has 0 aliphatic carbocycles. The van der Waals surface area contributed by atoms with Crippen LogP contribution in [0.4, 0.5) is 24.5 Å². The first-order valence-corrected chi connectivity index (χ1v) is 14.0. The Bertz CT molecular complexity index is 1420. The van der Waals surface area contributed by atoms with E-state index in [2.05, 4.69) is 72.1 Å². The van der Waals surface area contributed by atoms with Crippen LogP contribution in [0.3, 0.4) is 0 Å². The summed E-state index contributed by atoms with van der Waals surface area (Å²) in [4.78, 5) is 6.16. The highest BCUT2D eigenvalue weighted by Crippen LogP contribution is 2.33. The second kappa shape index (κ2) is 13.1. The Balaban J connectivity index is 1.36. The molecule has 3 aromatic rings. The molecular weight excluding hydrogens is 605 g/mol. The summed E-state index contributed by atoms with van der Waals surface area (Å²) in [5, 5.41) is 22.7. The van der Waals surface area contributed by atoms with Crippen molar-refractivity contribution in [2.24, 2.45) is 15.2 Å². The SMILES string of the molecule is Cc1cc(Br)cc(C)c1N1CCCS/C1=N\N=C\c1ccc(C(=[N-])N=CNc2ccc(OC(F)(F)F)cc2)cc1. The fourth-order valence-corrected chi connectivity index (χ4v) is 5.62. The summed E-state index contributed by atoms with van der Waals surface area (Å²) < 4.78 is 41.7. The summed E-state index contributed by atoms with van der Waals surface area (Å²) in [6.07, 6.45) is -0.798. The Morgan fingerprint density at radius 3 is 2.40 bits per heavy atom.